The summed E-state index contributed by atoms with van der Waals surface area (Å²) in [6, 6.07) is 8.06. The molecule has 1 saturated heterocycles. The molecule has 1 aliphatic rings. The Labute approximate surface area is 112 Å². The number of carbonyl (C=O) groups is 1. The molecule has 0 atom stereocenters. The molecule has 98 valence electrons. The Morgan fingerprint density at radius 1 is 1.44 bits per heavy atom. The van der Waals surface area contributed by atoms with Crippen molar-refractivity contribution in [2.24, 2.45) is 0 Å². The Morgan fingerprint density at radius 2 is 2.11 bits per heavy atom. The fourth-order valence-electron chi connectivity index (χ4n) is 2.01. The second-order valence-corrected chi connectivity index (χ2v) is 5.90. The van der Waals surface area contributed by atoms with Crippen molar-refractivity contribution < 1.29 is 9.90 Å². The minimum Gasteiger partial charge on any atom is -0.386 e. The molecule has 2 rings (SSSR count). The first-order valence-electron chi connectivity index (χ1n) is 6.23. The Kier molecular flexibility index (Phi) is 3.97. The molecule has 1 heterocycles. The molecule has 1 N–H and O–H groups in total. The molecule has 0 bridgehead atoms. The van der Waals surface area contributed by atoms with Crippen molar-refractivity contribution in [2.45, 2.75) is 30.8 Å². The molecule has 1 amide bonds. The van der Waals surface area contributed by atoms with E-state index in [1.807, 2.05) is 38.1 Å². The highest BCUT2D eigenvalue weighted by Gasteiger charge is 2.41. The number of benzene rings is 1. The van der Waals surface area contributed by atoms with Crippen LogP contribution in [-0.2, 0) is 4.79 Å². The number of hydrogen-bond donors (Lipinski definition) is 1. The zero-order valence-corrected chi connectivity index (χ0v) is 11.7. The molecule has 0 aliphatic carbocycles. The molecule has 0 unspecified atom stereocenters. The van der Waals surface area contributed by atoms with E-state index in [-0.39, 0.29) is 5.91 Å². The molecule has 4 heteroatoms. The number of rotatable bonds is 4. The number of nitrogens with zero attached hydrogens (tertiary/aromatic N) is 1. The van der Waals surface area contributed by atoms with Crippen LogP contribution in [0.1, 0.15) is 18.9 Å². The Bertz CT molecular complexity index is 441. The Balaban J connectivity index is 1.82. The van der Waals surface area contributed by atoms with Gasteiger partial charge in [-0.05, 0) is 25.0 Å². The van der Waals surface area contributed by atoms with Gasteiger partial charge in [0.25, 0.3) is 0 Å². The van der Waals surface area contributed by atoms with E-state index in [9.17, 15) is 9.90 Å². The normalized spacial score (nSPS) is 17.4. The van der Waals surface area contributed by atoms with Crippen molar-refractivity contribution in [2.75, 3.05) is 18.8 Å². The van der Waals surface area contributed by atoms with Crippen molar-refractivity contribution in [3.05, 3.63) is 29.8 Å². The highest BCUT2D eigenvalue weighted by atomic mass is 32.2. The van der Waals surface area contributed by atoms with Crippen molar-refractivity contribution in [1.29, 1.82) is 0 Å². The van der Waals surface area contributed by atoms with Gasteiger partial charge in [-0.25, -0.2) is 0 Å². The molecule has 0 radical (unpaired) electrons. The predicted molar refractivity (Wildman–Crippen MR) is 73.7 cm³/mol. The summed E-state index contributed by atoms with van der Waals surface area (Å²) in [4.78, 5) is 14.8. The minimum atomic E-state index is -0.636. The molecular weight excluding hydrogens is 246 g/mol. The number of aliphatic hydroxyl groups is 1. The zero-order chi connectivity index (χ0) is 13.2. The van der Waals surface area contributed by atoms with Gasteiger partial charge in [-0.15, -0.1) is 11.8 Å². The smallest absolute Gasteiger partial charge is 0.233 e. The van der Waals surface area contributed by atoms with Crippen LogP contribution in [0, 0.1) is 6.92 Å². The highest BCUT2D eigenvalue weighted by molar-refractivity contribution is 8.00. The van der Waals surface area contributed by atoms with E-state index in [1.165, 1.54) is 5.56 Å². The number of aryl methyl sites for hydroxylation is 1. The SMILES string of the molecule is CCC1(O)CN(C(=O)CSc2ccccc2C)C1. The first-order valence-corrected chi connectivity index (χ1v) is 7.21. The summed E-state index contributed by atoms with van der Waals surface area (Å²) in [6.07, 6.45) is 0.710. The van der Waals surface area contributed by atoms with Crippen molar-refractivity contribution in [1.82, 2.24) is 4.90 Å². The summed E-state index contributed by atoms with van der Waals surface area (Å²) < 4.78 is 0. The fourth-order valence-corrected chi connectivity index (χ4v) is 2.95. The molecule has 3 nitrogen and oxygen atoms in total. The molecular formula is C14H19NO2S. The fraction of sp³-hybridized carbons (Fsp3) is 0.500. The quantitative estimate of drug-likeness (QED) is 0.847. The molecule has 0 spiro atoms. The summed E-state index contributed by atoms with van der Waals surface area (Å²) in [7, 11) is 0. The number of thioether (sulfide) groups is 1. The summed E-state index contributed by atoms with van der Waals surface area (Å²) >= 11 is 1.57. The number of carbonyl (C=O) groups excluding carboxylic acids is 1. The van der Waals surface area contributed by atoms with Crippen LogP contribution in [0.3, 0.4) is 0 Å². The lowest BCUT2D eigenvalue weighted by Gasteiger charge is -2.46. The lowest BCUT2D eigenvalue weighted by Crippen LogP contribution is -2.63. The number of hydrogen-bond acceptors (Lipinski definition) is 3. The van der Waals surface area contributed by atoms with E-state index in [2.05, 4.69) is 0 Å². The Morgan fingerprint density at radius 3 is 2.72 bits per heavy atom. The first-order chi connectivity index (χ1) is 8.54. The standard InChI is InChI=1S/C14H19NO2S/c1-3-14(17)9-15(10-14)13(16)8-18-12-7-5-4-6-11(12)2/h4-7,17H,3,8-10H2,1-2H3. The van der Waals surface area contributed by atoms with E-state index in [0.717, 1.165) is 4.90 Å². The zero-order valence-electron chi connectivity index (χ0n) is 10.8. The van der Waals surface area contributed by atoms with Gasteiger partial charge >= 0.3 is 0 Å². The maximum atomic E-state index is 11.9. The van der Waals surface area contributed by atoms with E-state index >= 15 is 0 Å². The Hall–Kier alpha value is -1.00. The van der Waals surface area contributed by atoms with Gasteiger partial charge in [0.1, 0.15) is 0 Å². The van der Waals surface area contributed by atoms with Crippen LogP contribution in [-0.4, -0.2) is 40.4 Å². The van der Waals surface area contributed by atoms with E-state index in [4.69, 9.17) is 0 Å². The third kappa shape index (κ3) is 2.87. The summed E-state index contributed by atoms with van der Waals surface area (Å²) in [5.74, 6) is 0.561. The lowest BCUT2D eigenvalue weighted by atomic mass is 9.91. The summed E-state index contributed by atoms with van der Waals surface area (Å²) in [6.45, 7) is 4.96. The lowest BCUT2D eigenvalue weighted by molar-refractivity contribution is -0.152. The first kappa shape index (κ1) is 13.4. The molecule has 0 saturated carbocycles. The number of amides is 1. The van der Waals surface area contributed by atoms with Gasteiger partial charge in [-0.2, -0.15) is 0 Å². The van der Waals surface area contributed by atoms with Crippen LogP contribution in [0.5, 0.6) is 0 Å². The van der Waals surface area contributed by atoms with Crippen LogP contribution < -0.4 is 0 Å². The van der Waals surface area contributed by atoms with E-state index in [0.29, 0.717) is 25.3 Å². The maximum absolute atomic E-state index is 11.9. The molecule has 18 heavy (non-hydrogen) atoms. The topological polar surface area (TPSA) is 40.5 Å². The maximum Gasteiger partial charge on any atom is 0.233 e. The average molecular weight is 265 g/mol. The van der Waals surface area contributed by atoms with Gasteiger partial charge in [-0.1, -0.05) is 25.1 Å². The van der Waals surface area contributed by atoms with Gasteiger partial charge in [0.15, 0.2) is 0 Å². The molecule has 1 aromatic rings. The summed E-state index contributed by atoms with van der Waals surface area (Å²) in [5, 5.41) is 9.87. The summed E-state index contributed by atoms with van der Waals surface area (Å²) in [5.41, 5.74) is 0.562. The van der Waals surface area contributed by atoms with Gasteiger partial charge in [-0.3, -0.25) is 4.79 Å². The number of β-amino-alcohol motifs (C(OH)–C–C–N with tert-alkyl or cyclic N) is 1. The second kappa shape index (κ2) is 5.33. The van der Waals surface area contributed by atoms with E-state index in [1.54, 1.807) is 16.7 Å². The molecule has 0 aromatic heterocycles. The third-order valence-corrected chi connectivity index (χ3v) is 4.59. The minimum absolute atomic E-state index is 0.112. The van der Waals surface area contributed by atoms with Crippen LogP contribution >= 0.6 is 11.8 Å². The third-order valence-electron chi connectivity index (χ3n) is 3.43. The van der Waals surface area contributed by atoms with Gasteiger partial charge in [0, 0.05) is 4.90 Å². The van der Waals surface area contributed by atoms with Crippen molar-refractivity contribution in [3.8, 4) is 0 Å². The van der Waals surface area contributed by atoms with Crippen molar-refractivity contribution >= 4 is 17.7 Å². The second-order valence-electron chi connectivity index (χ2n) is 4.88. The van der Waals surface area contributed by atoms with Gasteiger partial charge in [0.05, 0.1) is 24.4 Å². The predicted octanol–water partition coefficient (Wildman–Crippen LogP) is 2.07. The monoisotopic (exact) mass is 265 g/mol. The number of likely N-dealkylation sites (tertiary alicyclic amines) is 1. The van der Waals surface area contributed by atoms with Crippen LogP contribution in [0.2, 0.25) is 0 Å². The highest BCUT2D eigenvalue weighted by Crippen LogP contribution is 2.27. The average Bonchev–Trinajstić information content (AvgIpc) is 2.33. The molecule has 1 aliphatic heterocycles. The van der Waals surface area contributed by atoms with Crippen LogP contribution in [0.4, 0.5) is 0 Å². The molecule has 1 aromatic carbocycles. The molecule has 1 fully saturated rings. The van der Waals surface area contributed by atoms with E-state index < -0.39 is 5.60 Å². The van der Waals surface area contributed by atoms with Crippen LogP contribution in [0.15, 0.2) is 29.2 Å². The van der Waals surface area contributed by atoms with Gasteiger partial charge < -0.3 is 10.0 Å². The van der Waals surface area contributed by atoms with Crippen LogP contribution in [0.25, 0.3) is 0 Å². The van der Waals surface area contributed by atoms with Crippen molar-refractivity contribution in [3.63, 3.8) is 0 Å². The largest absolute Gasteiger partial charge is 0.386 e. The van der Waals surface area contributed by atoms with Gasteiger partial charge in [0.2, 0.25) is 5.91 Å².